The Morgan fingerprint density at radius 2 is 1.81 bits per heavy atom. The molecule has 1 aliphatic heterocycles. The minimum atomic E-state index is -0.349. The molecule has 1 aromatic rings. The summed E-state index contributed by atoms with van der Waals surface area (Å²) in [6.07, 6.45) is 0. The van der Waals surface area contributed by atoms with E-state index in [1.165, 1.54) is 24.7 Å². The van der Waals surface area contributed by atoms with Crippen LogP contribution in [0.1, 0.15) is 11.5 Å². The average Bonchev–Trinajstić information content (AvgIpc) is 2.90. The molecule has 2 rings (SSSR count). The van der Waals surface area contributed by atoms with Crippen LogP contribution in [-0.4, -0.2) is 56.4 Å². The number of benzene rings is 1. The molecule has 1 atom stereocenters. The first-order valence-electron chi connectivity index (χ1n) is 6.71. The fourth-order valence-corrected chi connectivity index (χ4v) is 3.61. The van der Waals surface area contributed by atoms with Gasteiger partial charge >= 0.3 is 11.9 Å². The number of nitrogens with zero attached hydrogens (tertiary/aromatic N) is 1. The number of hydrogen-bond donors (Lipinski definition) is 0. The molecule has 0 saturated carbocycles. The summed E-state index contributed by atoms with van der Waals surface area (Å²) in [5.41, 5.74) is 1.28. The maximum absolute atomic E-state index is 11.5. The average molecular weight is 309 g/mol. The van der Waals surface area contributed by atoms with Crippen molar-refractivity contribution in [1.29, 1.82) is 0 Å². The van der Waals surface area contributed by atoms with E-state index < -0.39 is 0 Å². The molecule has 0 spiro atoms. The van der Waals surface area contributed by atoms with E-state index in [4.69, 9.17) is 9.47 Å². The largest absolute Gasteiger partial charge is 0.468 e. The van der Waals surface area contributed by atoms with Crippen LogP contribution in [0.4, 0.5) is 0 Å². The number of ether oxygens (including phenoxy) is 2. The molecular weight excluding hydrogens is 290 g/mol. The van der Waals surface area contributed by atoms with Crippen LogP contribution < -0.4 is 0 Å². The molecule has 0 fully saturated rings. The van der Waals surface area contributed by atoms with Gasteiger partial charge in [0.1, 0.15) is 0 Å². The lowest BCUT2D eigenvalue weighted by molar-refractivity contribution is -0.145. The Balaban J connectivity index is 2.04. The Hall–Kier alpha value is -1.53. The molecule has 1 heterocycles. The summed E-state index contributed by atoms with van der Waals surface area (Å²) in [6.45, 7) is 0.818. The molecule has 0 aliphatic carbocycles. The van der Waals surface area contributed by atoms with E-state index >= 15 is 0 Å². The van der Waals surface area contributed by atoms with Crippen molar-refractivity contribution in [3.8, 4) is 0 Å². The van der Waals surface area contributed by atoms with Gasteiger partial charge in [-0.3, -0.25) is 14.5 Å². The summed E-state index contributed by atoms with van der Waals surface area (Å²) in [6, 6.07) is 8.25. The molecule has 0 aromatic heterocycles. The van der Waals surface area contributed by atoms with E-state index in [1.54, 1.807) is 4.90 Å². The number of thioether (sulfide) groups is 1. The van der Waals surface area contributed by atoms with Crippen molar-refractivity contribution >= 4 is 23.7 Å². The number of methoxy groups -OCH3 is 2. The van der Waals surface area contributed by atoms with Crippen molar-refractivity contribution in [1.82, 2.24) is 4.90 Å². The molecule has 1 aliphatic rings. The first kappa shape index (κ1) is 15.9. The molecule has 21 heavy (non-hydrogen) atoms. The molecule has 5 nitrogen and oxygen atoms in total. The van der Waals surface area contributed by atoms with Crippen LogP contribution in [0.2, 0.25) is 0 Å². The summed E-state index contributed by atoms with van der Waals surface area (Å²) < 4.78 is 9.38. The van der Waals surface area contributed by atoms with Crippen LogP contribution in [0, 0.1) is 0 Å². The zero-order valence-corrected chi connectivity index (χ0v) is 13.0. The van der Waals surface area contributed by atoms with E-state index in [9.17, 15) is 9.59 Å². The quantitative estimate of drug-likeness (QED) is 0.743. The maximum Gasteiger partial charge on any atom is 0.319 e. The van der Waals surface area contributed by atoms with Gasteiger partial charge in [0, 0.05) is 23.1 Å². The van der Waals surface area contributed by atoms with Crippen molar-refractivity contribution in [3.05, 3.63) is 29.8 Å². The second-order valence-electron chi connectivity index (χ2n) is 4.87. The van der Waals surface area contributed by atoms with Crippen LogP contribution in [0.25, 0.3) is 0 Å². The topological polar surface area (TPSA) is 55.8 Å². The number of rotatable bonds is 6. The third kappa shape index (κ3) is 4.22. The van der Waals surface area contributed by atoms with Crippen LogP contribution in [0.15, 0.2) is 29.2 Å². The normalized spacial score (nSPS) is 16.6. The second kappa shape index (κ2) is 7.47. The summed E-state index contributed by atoms with van der Waals surface area (Å²) in [5.74, 6) is 0.564. The van der Waals surface area contributed by atoms with Crippen LogP contribution in [-0.2, 0) is 19.1 Å². The lowest BCUT2D eigenvalue weighted by Crippen LogP contribution is -2.38. The highest BCUT2D eigenvalue weighted by atomic mass is 32.2. The van der Waals surface area contributed by atoms with Gasteiger partial charge in [0.2, 0.25) is 0 Å². The van der Waals surface area contributed by atoms with Gasteiger partial charge in [-0.1, -0.05) is 18.2 Å². The lowest BCUT2D eigenvalue weighted by Gasteiger charge is -2.23. The van der Waals surface area contributed by atoms with Gasteiger partial charge in [0.15, 0.2) is 0 Å². The molecule has 0 bridgehead atoms. The Labute approximate surface area is 128 Å². The van der Waals surface area contributed by atoms with Crippen molar-refractivity contribution in [3.63, 3.8) is 0 Å². The Morgan fingerprint density at radius 3 is 2.43 bits per heavy atom. The van der Waals surface area contributed by atoms with Gasteiger partial charge in [0.05, 0.1) is 27.3 Å². The van der Waals surface area contributed by atoms with Crippen molar-refractivity contribution in [2.45, 2.75) is 10.8 Å². The summed E-state index contributed by atoms with van der Waals surface area (Å²) >= 11 is 1.81. The molecule has 114 valence electrons. The molecule has 0 amide bonds. The minimum Gasteiger partial charge on any atom is -0.468 e. The predicted octanol–water partition coefficient (Wildman–Crippen LogP) is 1.52. The molecule has 0 N–H and O–H groups in total. The van der Waals surface area contributed by atoms with Gasteiger partial charge in [-0.25, -0.2) is 0 Å². The number of esters is 2. The fraction of sp³-hybridized carbons (Fsp3) is 0.467. The van der Waals surface area contributed by atoms with E-state index in [1.807, 2.05) is 23.9 Å². The first-order valence-corrected chi connectivity index (χ1v) is 7.70. The molecule has 0 radical (unpaired) electrons. The van der Waals surface area contributed by atoms with Crippen LogP contribution in [0.3, 0.4) is 0 Å². The molecular formula is C15H19NO4S. The van der Waals surface area contributed by atoms with Gasteiger partial charge in [0.25, 0.3) is 0 Å². The standard InChI is InChI=1S/C15H19NO4S/c1-19-14(17)8-16(9-15(18)20-2)7-11-10-21-13-6-4-3-5-12(11)13/h3-6,11H,7-10H2,1-2H3. The number of carbonyl (C=O) groups excluding carboxylic acids is 2. The smallest absolute Gasteiger partial charge is 0.319 e. The van der Waals surface area contributed by atoms with E-state index in [2.05, 4.69) is 12.1 Å². The number of fused-ring (bicyclic) bond motifs is 1. The number of hydrogen-bond acceptors (Lipinski definition) is 6. The predicted molar refractivity (Wildman–Crippen MR) is 80.4 cm³/mol. The molecule has 1 aromatic carbocycles. The number of carbonyl (C=O) groups is 2. The highest BCUT2D eigenvalue weighted by Crippen LogP contribution is 2.39. The van der Waals surface area contributed by atoms with Crippen molar-refractivity contribution in [2.75, 3.05) is 39.6 Å². The summed E-state index contributed by atoms with van der Waals surface area (Å²) in [4.78, 5) is 26.0. The third-order valence-corrected chi connectivity index (χ3v) is 4.69. The van der Waals surface area contributed by atoms with Gasteiger partial charge < -0.3 is 9.47 Å². The summed E-state index contributed by atoms with van der Waals surface area (Å²) in [7, 11) is 2.69. The highest BCUT2D eigenvalue weighted by molar-refractivity contribution is 7.99. The van der Waals surface area contributed by atoms with Gasteiger partial charge in [-0.2, -0.15) is 0 Å². The molecule has 1 unspecified atom stereocenters. The zero-order valence-electron chi connectivity index (χ0n) is 12.2. The Kier molecular flexibility index (Phi) is 5.64. The van der Waals surface area contributed by atoms with E-state index in [-0.39, 0.29) is 25.0 Å². The van der Waals surface area contributed by atoms with E-state index in [0.717, 1.165) is 5.75 Å². The lowest BCUT2D eigenvalue weighted by atomic mass is 10.0. The fourth-order valence-electron chi connectivity index (χ4n) is 2.37. The van der Waals surface area contributed by atoms with Crippen molar-refractivity contribution in [2.24, 2.45) is 0 Å². The van der Waals surface area contributed by atoms with E-state index in [0.29, 0.717) is 12.5 Å². The zero-order chi connectivity index (χ0) is 15.2. The SMILES string of the molecule is COC(=O)CN(CC(=O)OC)CC1CSc2ccccc21. The highest BCUT2D eigenvalue weighted by Gasteiger charge is 2.26. The Bertz CT molecular complexity index is 502. The molecule has 0 saturated heterocycles. The summed E-state index contributed by atoms with van der Waals surface area (Å²) in [5, 5.41) is 0. The second-order valence-corrected chi connectivity index (χ2v) is 5.93. The molecule has 6 heteroatoms. The van der Waals surface area contributed by atoms with Gasteiger partial charge in [-0.15, -0.1) is 11.8 Å². The Morgan fingerprint density at radius 1 is 1.19 bits per heavy atom. The maximum atomic E-state index is 11.5. The monoisotopic (exact) mass is 309 g/mol. The van der Waals surface area contributed by atoms with Crippen LogP contribution in [0.5, 0.6) is 0 Å². The van der Waals surface area contributed by atoms with Gasteiger partial charge in [-0.05, 0) is 11.6 Å². The first-order chi connectivity index (χ1) is 10.1. The minimum absolute atomic E-state index is 0.0922. The third-order valence-electron chi connectivity index (χ3n) is 3.44. The van der Waals surface area contributed by atoms with Crippen molar-refractivity contribution < 1.29 is 19.1 Å². The van der Waals surface area contributed by atoms with Crippen LogP contribution >= 0.6 is 11.8 Å².